The second-order valence-corrected chi connectivity index (χ2v) is 10.6. The summed E-state index contributed by atoms with van der Waals surface area (Å²) in [5.41, 5.74) is 1.59. The molecule has 1 aliphatic rings. The number of amides is 1. The lowest BCUT2D eigenvalue weighted by Crippen LogP contribution is -2.54. The molecule has 2 aromatic rings. The summed E-state index contributed by atoms with van der Waals surface area (Å²) in [7, 11) is -3.73. The summed E-state index contributed by atoms with van der Waals surface area (Å²) in [5.74, 6) is -0.168. The first-order valence-corrected chi connectivity index (χ1v) is 12.7. The molecule has 0 saturated carbocycles. The van der Waals surface area contributed by atoms with E-state index >= 15 is 0 Å². The number of hydrogen-bond acceptors (Lipinski definition) is 5. The third-order valence-electron chi connectivity index (χ3n) is 5.08. The molecule has 0 spiro atoms. The Hall–Kier alpha value is -1.65. The highest BCUT2D eigenvalue weighted by molar-refractivity contribution is 9.10. The second kappa shape index (κ2) is 10.3. The van der Waals surface area contributed by atoms with Crippen LogP contribution in [0, 0.1) is 0 Å². The summed E-state index contributed by atoms with van der Waals surface area (Å²) < 4.78 is 29.4. The predicted octanol–water partition coefficient (Wildman–Crippen LogP) is 3.00. The molecule has 2 aromatic carbocycles. The Morgan fingerprint density at radius 3 is 2.58 bits per heavy atom. The van der Waals surface area contributed by atoms with Crippen molar-refractivity contribution in [2.24, 2.45) is 5.14 Å². The maximum absolute atomic E-state index is 12.8. The van der Waals surface area contributed by atoms with Crippen molar-refractivity contribution in [1.29, 1.82) is 0 Å². The van der Waals surface area contributed by atoms with Gasteiger partial charge in [0.25, 0.3) is 5.91 Å². The summed E-state index contributed by atoms with van der Waals surface area (Å²) in [6.45, 7) is 4.76. The van der Waals surface area contributed by atoms with Gasteiger partial charge in [0.15, 0.2) is 6.61 Å². The highest BCUT2D eigenvalue weighted by Gasteiger charge is 2.27. The molecule has 31 heavy (non-hydrogen) atoms. The Morgan fingerprint density at radius 2 is 1.94 bits per heavy atom. The topological polar surface area (TPSA) is 92.9 Å². The molecule has 0 bridgehead atoms. The van der Waals surface area contributed by atoms with E-state index in [-0.39, 0.29) is 24.3 Å². The molecule has 0 aromatic heterocycles. The van der Waals surface area contributed by atoms with E-state index in [9.17, 15) is 13.2 Å². The van der Waals surface area contributed by atoms with Crippen LogP contribution in [0.3, 0.4) is 0 Å². The lowest BCUT2D eigenvalue weighted by Gasteiger charge is -2.40. The smallest absolute Gasteiger partial charge is 0.260 e. The quantitative estimate of drug-likeness (QED) is 0.594. The number of nitrogens with two attached hydrogens (primary N) is 1. The summed E-state index contributed by atoms with van der Waals surface area (Å²) in [6.07, 6.45) is 0. The maximum atomic E-state index is 12.8. The van der Waals surface area contributed by atoms with Gasteiger partial charge < -0.3 is 9.64 Å². The fourth-order valence-corrected chi connectivity index (χ4v) is 4.83. The van der Waals surface area contributed by atoms with Gasteiger partial charge in [-0.2, -0.15) is 0 Å². The van der Waals surface area contributed by atoms with E-state index in [1.54, 1.807) is 23.1 Å². The van der Waals surface area contributed by atoms with Crippen molar-refractivity contribution >= 4 is 43.5 Å². The van der Waals surface area contributed by atoms with E-state index in [4.69, 9.17) is 21.5 Å². The molecule has 1 fully saturated rings. The standard InChI is InChI=1S/C21H25BrClN3O4S/c1-15-11-25(12-16-2-5-19(23)6-3-16)8-9-26(15)21(27)13-30-20-7-4-18(22)10-17(20)14-31(24,28)29/h2-7,10,15H,8-9,11-14H2,1H3,(H2,24,28,29)/t15-/m1/s1. The van der Waals surface area contributed by atoms with Gasteiger partial charge >= 0.3 is 0 Å². The van der Waals surface area contributed by atoms with Crippen LogP contribution in [0.4, 0.5) is 0 Å². The van der Waals surface area contributed by atoms with Crippen molar-refractivity contribution in [3.8, 4) is 5.75 Å². The van der Waals surface area contributed by atoms with Gasteiger partial charge in [-0.3, -0.25) is 9.69 Å². The number of hydrogen-bond donors (Lipinski definition) is 1. The minimum Gasteiger partial charge on any atom is -0.483 e. The van der Waals surface area contributed by atoms with E-state index in [1.165, 1.54) is 5.56 Å². The number of rotatable bonds is 7. The first kappa shape index (κ1) is 24.0. The van der Waals surface area contributed by atoms with Gasteiger partial charge in [-0.1, -0.05) is 39.7 Å². The Bertz CT molecular complexity index is 1030. The van der Waals surface area contributed by atoms with E-state index in [0.717, 1.165) is 19.6 Å². The molecule has 0 aliphatic carbocycles. The zero-order valence-corrected chi connectivity index (χ0v) is 20.3. The zero-order chi connectivity index (χ0) is 22.6. The molecule has 7 nitrogen and oxygen atoms in total. The molecule has 1 aliphatic heterocycles. The number of benzene rings is 2. The highest BCUT2D eigenvalue weighted by atomic mass is 79.9. The average Bonchev–Trinajstić information content (AvgIpc) is 2.68. The van der Waals surface area contributed by atoms with Gasteiger partial charge in [0.2, 0.25) is 10.0 Å². The molecule has 2 N–H and O–H groups in total. The van der Waals surface area contributed by atoms with Crippen molar-refractivity contribution < 1.29 is 17.9 Å². The highest BCUT2D eigenvalue weighted by Crippen LogP contribution is 2.25. The third kappa shape index (κ3) is 7.18. The monoisotopic (exact) mass is 529 g/mol. The molecule has 1 heterocycles. The largest absolute Gasteiger partial charge is 0.483 e. The molecule has 1 atom stereocenters. The maximum Gasteiger partial charge on any atom is 0.260 e. The van der Waals surface area contributed by atoms with Crippen molar-refractivity contribution in [2.75, 3.05) is 26.2 Å². The summed E-state index contributed by atoms with van der Waals surface area (Å²) >= 11 is 9.26. The number of carbonyl (C=O) groups is 1. The molecule has 1 saturated heterocycles. The SMILES string of the molecule is C[C@@H]1CN(Cc2ccc(Cl)cc2)CCN1C(=O)COc1ccc(Br)cc1CS(N)(=O)=O. The third-order valence-corrected chi connectivity index (χ3v) is 6.54. The first-order valence-electron chi connectivity index (χ1n) is 9.78. The number of primary sulfonamides is 1. The molecule has 0 unspecified atom stereocenters. The minimum atomic E-state index is -3.73. The number of carbonyl (C=O) groups excluding carboxylic acids is 1. The van der Waals surface area contributed by atoms with Crippen LogP contribution in [0.1, 0.15) is 18.1 Å². The van der Waals surface area contributed by atoms with Crippen molar-refractivity contribution in [2.45, 2.75) is 25.3 Å². The van der Waals surface area contributed by atoms with Crippen LogP contribution >= 0.6 is 27.5 Å². The molecule has 1 amide bonds. The molecule has 168 valence electrons. The Kier molecular flexibility index (Phi) is 7.98. The van der Waals surface area contributed by atoms with Gasteiger partial charge in [0.05, 0.1) is 5.75 Å². The fourth-order valence-electron chi connectivity index (χ4n) is 3.64. The lowest BCUT2D eigenvalue weighted by atomic mass is 10.1. The fraction of sp³-hybridized carbons (Fsp3) is 0.381. The number of sulfonamides is 1. The van der Waals surface area contributed by atoms with Crippen LogP contribution in [0.25, 0.3) is 0 Å². The van der Waals surface area contributed by atoms with Gasteiger partial charge in [-0.25, -0.2) is 13.6 Å². The number of ether oxygens (including phenoxy) is 1. The Morgan fingerprint density at radius 1 is 1.23 bits per heavy atom. The second-order valence-electron chi connectivity index (χ2n) is 7.65. The summed E-state index contributed by atoms with van der Waals surface area (Å²) in [5, 5.41) is 5.88. The van der Waals surface area contributed by atoms with Gasteiger partial charge in [-0.05, 0) is 42.8 Å². The Balaban J connectivity index is 1.56. The molecule has 3 rings (SSSR count). The van der Waals surface area contributed by atoms with E-state index < -0.39 is 10.0 Å². The number of nitrogens with zero attached hydrogens (tertiary/aromatic N) is 2. The van der Waals surface area contributed by atoms with Gasteiger partial charge in [-0.15, -0.1) is 0 Å². The minimum absolute atomic E-state index is 0.0333. The van der Waals surface area contributed by atoms with E-state index in [0.29, 0.717) is 27.4 Å². The molecule has 10 heteroatoms. The van der Waals surface area contributed by atoms with Crippen LogP contribution in [-0.2, 0) is 27.1 Å². The number of piperazine rings is 1. The predicted molar refractivity (Wildman–Crippen MR) is 124 cm³/mol. The summed E-state index contributed by atoms with van der Waals surface area (Å²) in [4.78, 5) is 16.9. The van der Waals surface area contributed by atoms with Crippen molar-refractivity contribution in [3.63, 3.8) is 0 Å². The van der Waals surface area contributed by atoms with Crippen molar-refractivity contribution in [1.82, 2.24) is 9.80 Å². The molecule has 0 radical (unpaired) electrons. The molecular weight excluding hydrogens is 506 g/mol. The van der Waals surface area contributed by atoms with Crippen LogP contribution in [0.2, 0.25) is 5.02 Å². The van der Waals surface area contributed by atoms with Crippen LogP contribution < -0.4 is 9.88 Å². The Labute approximate surface area is 196 Å². The number of halogens is 2. The van der Waals surface area contributed by atoms with Crippen LogP contribution in [-0.4, -0.2) is 56.4 Å². The van der Waals surface area contributed by atoms with Gasteiger partial charge in [0.1, 0.15) is 5.75 Å². The first-order chi connectivity index (χ1) is 14.6. The van der Waals surface area contributed by atoms with Crippen molar-refractivity contribution in [3.05, 3.63) is 63.1 Å². The zero-order valence-electron chi connectivity index (χ0n) is 17.1. The normalized spacial score (nSPS) is 17.5. The average molecular weight is 531 g/mol. The van der Waals surface area contributed by atoms with Crippen LogP contribution in [0.15, 0.2) is 46.9 Å². The lowest BCUT2D eigenvalue weighted by molar-refractivity contribution is -0.138. The molecular formula is C21H25BrClN3O4S. The van der Waals surface area contributed by atoms with Crippen LogP contribution in [0.5, 0.6) is 5.75 Å². The van der Waals surface area contributed by atoms with E-state index in [1.807, 2.05) is 31.2 Å². The summed E-state index contributed by atoms with van der Waals surface area (Å²) in [6, 6.07) is 12.8. The van der Waals surface area contributed by atoms with E-state index in [2.05, 4.69) is 20.8 Å². The van der Waals surface area contributed by atoms with Gasteiger partial charge in [0, 0.05) is 47.3 Å².